The largest absolute Gasteiger partial charge is 0.298 e. The Morgan fingerprint density at radius 1 is 0.583 bits per heavy atom. The smallest absolute Gasteiger partial charge is 0.0149 e. The standard InChI is InChI=1S/C13H27N.C9H19N/c1-12(2,3)11-9-7-8-10-14(11)13(4,5)6;1-9(2,3)10-7-5-4-6-8-10/h11H,7-10H2,1-6H3;4-8H2,1-3H3. The molecule has 0 aliphatic carbocycles. The molecular formula is C22H46N2. The van der Waals surface area contributed by atoms with Crippen molar-refractivity contribution in [3.8, 4) is 0 Å². The molecule has 0 amide bonds. The lowest BCUT2D eigenvalue weighted by atomic mass is 9.78. The van der Waals surface area contributed by atoms with Gasteiger partial charge in [0.2, 0.25) is 0 Å². The molecule has 2 saturated heterocycles. The molecule has 2 fully saturated rings. The molecule has 2 nitrogen and oxygen atoms in total. The van der Waals surface area contributed by atoms with Crippen molar-refractivity contribution in [2.45, 2.75) is 118 Å². The molecule has 144 valence electrons. The second-order valence-corrected chi connectivity index (χ2v) is 11.0. The summed E-state index contributed by atoms with van der Waals surface area (Å²) in [6.07, 6.45) is 8.40. The molecule has 0 N–H and O–H groups in total. The number of likely N-dealkylation sites (tertiary alicyclic amines) is 2. The molecule has 0 aromatic carbocycles. The van der Waals surface area contributed by atoms with Crippen molar-refractivity contribution in [1.82, 2.24) is 9.80 Å². The summed E-state index contributed by atoms with van der Waals surface area (Å²) in [5, 5.41) is 0. The summed E-state index contributed by atoms with van der Waals surface area (Å²) in [5.74, 6) is 0. The summed E-state index contributed by atoms with van der Waals surface area (Å²) >= 11 is 0. The van der Waals surface area contributed by atoms with Gasteiger partial charge in [-0.05, 0) is 92.3 Å². The first-order chi connectivity index (χ1) is 10.8. The van der Waals surface area contributed by atoms with Crippen LogP contribution in [0.25, 0.3) is 0 Å². The zero-order chi connectivity index (χ0) is 18.6. The van der Waals surface area contributed by atoms with Crippen LogP contribution in [0.5, 0.6) is 0 Å². The Labute approximate surface area is 153 Å². The van der Waals surface area contributed by atoms with E-state index in [1.165, 1.54) is 58.2 Å². The maximum Gasteiger partial charge on any atom is 0.0149 e. The highest BCUT2D eigenvalue weighted by Crippen LogP contribution is 2.35. The van der Waals surface area contributed by atoms with Gasteiger partial charge in [0.1, 0.15) is 0 Å². The highest BCUT2D eigenvalue weighted by molar-refractivity contribution is 4.92. The van der Waals surface area contributed by atoms with E-state index in [4.69, 9.17) is 0 Å². The summed E-state index contributed by atoms with van der Waals surface area (Å²) in [6, 6.07) is 0.760. The van der Waals surface area contributed by atoms with Gasteiger partial charge >= 0.3 is 0 Å². The van der Waals surface area contributed by atoms with E-state index in [-0.39, 0.29) is 0 Å². The fourth-order valence-electron chi connectivity index (χ4n) is 4.20. The first-order valence-electron chi connectivity index (χ1n) is 10.4. The fourth-order valence-corrected chi connectivity index (χ4v) is 4.20. The minimum absolute atomic E-state index is 0.332. The van der Waals surface area contributed by atoms with Crippen LogP contribution >= 0.6 is 0 Å². The monoisotopic (exact) mass is 338 g/mol. The van der Waals surface area contributed by atoms with E-state index >= 15 is 0 Å². The van der Waals surface area contributed by atoms with Crippen molar-refractivity contribution >= 4 is 0 Å². The maximum atomic E-state index is 2.70. The van der Waals surface area contributed by atoms with E-state index < -0.39 is 0 Å². The third-order valence-electron chi connectivity index (χ3n) is 5.67. The summed E-state index contributed by atoms with van der Waals surface area (Å²) < 4.78 is 0. The van der Waals surface area contributed by atoms with Gasteiger partial charge in [0.25, 0.3) is 0 Å². The minimum Gasteiger partial charge on any atom is -0.298 e. The molecule has 0 bridgehead atoms. The van der Waals surface area contributed by atoms with Gasteiger partial charge in [-0.2, -0.15) is 0 Å². The lowest BCUT2D eigenvalue weighted by Crippen LogP contribution is -2.55. The molecule has 0 saturated carbocycles. The summed E-state index contributed by atoms with van der Waals surface area (Å²) in [5.41, 5.74) is 1.16. The van der Waals surface area contributed by atoms with Crippen LogP contribution < -0.4 is 0 Å². The topological polar surface area (TPSA) is 6.48 Å². The van der Waals surface area contributed by atoms with E-state index in [9.17, 15) is 0 Å². The number of piperidine rings is 2. The lowest BCUT2D eigenvalue weighted by Gasteiger charge is -2.50. The number of hydrogen-bond donors (Lipinski definition) is 0. The van der Waals surface area contributed by atoms with Gasteiger partial charge in [0.15, 0.2) is 0 Å². The molecule has 2 heterocycles. The number of rotatable bonds is 0. The first-order valence-corrected chi connectivity index (χ1v) is 10.4. The van der Waals surface area contributed by atoms with Crippen molar-refractivity contribution in [3.05, 3.63) is 0 Å². The van der Waals surface area contributed by atoms with Crippen molar-refractivity contribution in [3.63, 3.8) is 0 Å². The van der Waals surface area contributed by atoms with Gasteiger partial charge in [-0.1, -0.05) is 33.6 Å². The SMILES string of the molecule is CC(C)(C)C1CCCCN1C(C)(C)C.CC(C)(C)N1CCCCC1. The zero-order valence-electron chi connectivity index (χ0n) is 18.3. The van der Waals surface area contributed by atoms with E-state index in [0.29, 0.717) is 16.5 Å². The lowest BCUT2D eigenvalue weighted by molar-refractivity contribution is -0.00414. The molecule has 2 aliphatic rings. The third-order valence-corrected chi connectivity index (χ3v) is 5.67. The normalized spacial score (nSPS) is 25.1. The van der Waals surface area contributed by atoms with E-state index in [1.54, 1.807) is 0 Å². The third kappa shape index (κ3) is 7.04. The molecule has 2 heteroatoms. The molecule has 1 unspecified atom stereocenters. The molecule has 2 rings (SSSR count). The second-order valence-electron chi connectivity index (χ2n) is 11.0. The van der Waals surface area contributed by atoms with Crippen LogP contribution in [-0.2, 0) is 0 Å². The van der Waals surface area contributed by atoms with Crippen LogP contribution in [0.3, 0.4) is 0 Å². The highest BCUT2D eigenvalue weighted by atomic mass is 15.2. The Morgan fingerprint density at radius 3 is 1.42 bits per heavy atom. The first kappa shape index (κ1) is 22.0. The molecule has 2 aliphatic heterocycles. The maximum absolute atomic E-state index is 2.70. The minimum atomic E-state index is 0.332. The Bertz CT molecular complexity index is 326. The van der Waals surface area contributed by atoms with Gasteiger partial charge < -0.3 is 0 Å². The van der Waals surface area contributed by atoms with Gasteiger partial charge in [0, 0.05) is 17.1 Å². The predicted molar refractivity (Wildman–Crippen MR) is 109 cm³/mol. The number of nitrogens with zero attached hydrogens (tertiary/aromatic N) is 2. The van der Waals surface area contributed by atoms with Gasteiger partial charge in [-0.25, -0.2) is 0 Å². The Hall–Kier alpha value is -0.0800. The van der Waals surface area contributed by atoms with Crippen LogP contribution in [-0.4, -0.2) is 46.6 Å². The van der Waals surface area contributed by atoms with Crippen LogP contribution in [0.15, 0.2) is 0 Å². The van der Waals surface area contributed by atoms with E-state index in [1.807, 2.05) is 0 Å². The molecular weight excluding hydrogens is 292 g/mol. The van der Waals surface area contributed by atoms with Gasteiger partial charge in [0.05, 0.1) is 0 Å². The molecule has 0 aromatic rings. The molecule has 0 radical (unpaired) electrons. The van der Waals surface area contributed by atoms with Crippen molar-refractivity contribution in [1.29, 1.82) is 0 Å². The molecule has 0 aromatic heterocycles. The van der Waals surface area contributed by atoms with Crippen molar-refractivity contribution in [2.75, 3.05) is 19.6 Å². The summed E-state index contributed by atoms with van der Waals surface area (Å²) in [6.45, 7) is 25.0. The molecule has 1 atom stereocenters. The Kier molecular flexibility index (Phi) is 7.81. The highest BCUT2D eigenvalue weighted by Gasteiger charge is 2.37. The van der Waals surface area contributed by atoms with Crippen LogP contribution in [0, 0.1) is 5.41 Å². The van der Waals surface area contributed by atoms with Gasteiger partial charge in [-0.15, -0.1) is 0 Å². The van der Waals surface area contributed by atoms with Crippen molar-refractivity contribution in [2.24, 2.45) is 5.41 Å². The quantitative estimate of drug-likeness (QED) is 0.538. The molecule has 0 spiro atoms. The number of hydrogen-bond acceptors (Lipinski definition) is 2. The fraction of sp³-hybridized carbons (Fsp3) is 1.00. The second kappa shape index (κ2) is 8.54. The van der Waals surface area contributed by atoms with Crippen molar-refractivity contribution < 1.29 is 0 Å². The Morgan fingerprint density at radius 2 is 1.08 bits per heavy atom. The molecule has 24 heavy (non-hydrogen) atoms. The predicted octanol–water partition coefficient (Wildman–Crippen LogP) is 5.96. The van der Waals surface area contributed by atoms with Crippen LogP contribution in [0.4, 0.5) is 0 Å². The summed E-state index contributed by atoms with van der Waals surface area (Å²) in [4.78, 5) is 5.28. The van der Waals surface area contributed by atoms with Crippen LogP contribution in [0.1, 0.15) is 101 Å². The summed E-state index contributed by atoms with van der Waals surface area (Å²) in [7, 11) is 0. The van der Waals surface area contributed by atoms with E-state index in [2.05, 4.69) is 72.1 Å². The average molecular weight is 339 g/mol. The van der Waals surface area contributed by atoms with E-state index in [0.717, 1.165) is 6.04 Å². The zero-order valence-corrected chi connectivity index (χ0v) is 18.3. The Balaban J connectivity index is 0.000000254. The van der Waals surface area contributed by atoms with Crippen LogP contribution in [0.2, 0.25) is 0 Å². The average Bonchev–Trinajstić information content (AvgIpc) is 2.46. The van der Waals surface area contributed by atoms with Gasteiger partial charge in [-0.3, -0.25) is 9.80 Å².